The number of carbonyl (C=O) groups is 1. The van der Waals surface area contributed by atoms with Crippen molar-refractivity contribution in [1.29, 1.82) is 0 Å². The first-order valence-electron chi connectivity index (χ1n) is 12.4. The number of nitrogens with zero attached hydrogens (tertiary/aromatic N) is 4. The first-order chi connectivity index (χ1) is 18.0. The number of thiophene rings is 1. The van der Waals surface area contributed by atoms with Gasteiger partial charge in [0, 0.05) is 26.7 Å². The fourth-order valence-corrected chi connectivity index (χ4v) is 5.21. The van der Waals surface area contributed by atoms with E-state index < -0.39 is 41.9 Å². The van der Waals surface area contributed by atoms with Crippen molar-refractivity contribution in [1.82, 2.24) is 14.8 Å². The van der Waals surface area contributed by atoms with Gasteiger partial charge >= 0.3 is 0 Å². The lowest BCUT2D eigenvalue weighted by molar-refractivity contribution is -0.116. The van der Waals surface area contributed by atoms with Crippen LogP contribution in [0.1, 0.15) is 51.2 Å². The van der Waals surface area contributed by atoms with Crippen LogP contribution in [0.4, 0.5) is 5.69 Å². The lowest BCUT2D eigenvalue weighted by Gasteiger charge is -2.13. The molecule has 1 aliphatic heterocycles. The Balaban J connectivity index is 1.61. The molecule has 2 aromatic carbocycles. The third kappa shape index (κ3) is 3.99. The summed E-state index contributed by atoms with van der Waals surface area (Å²) in [6, 6.07) is 4.16. The highest BCUT2D eigenvalue weighted by Crippen LogP contribution is 2.39. The van der Waals surface area contributed by atoms with Gasteiger partial charge in [-0.3, -0.25) is 14.4 Å². The largest absolute Gasteiger partial charge is 0.508 e. The van der Waals surface area contributed by atoms with E-state index in [1.54, 1.807) is 23.5 Å². The van der Waals surface area contributed by atoms with Gasteiger partial charge in [-0.05, 0) is 62.6 Å². The molecule has 1 amide bonds. The Bertz CT molecular complexity index is 1620. The Kier molecular flexibility index (Phi) is 4.58. The molecule has 2 N–H and O–H groups in total. The van der Waals surface area contributed by atoms with E-state index in [1.165, 1.54) is 0 Å². The van der Waals surface area contributed by atoms with E-state index in [0.29, 0.717) is 22.4 Å². The fourth-order valence-electron chi connectivity index (χ4n) is 3.87. The number of halogens is 1. The summed E-state index contributed by atoms with van der Waals surface area (Å²) in [5, 5.41) is 22.4. The molecule has 4 aromatic rings. The molecule has 2 aromatic heterocycles. The SMILES string of the molecule is [2H]c1c([2H])c(NC(=O)C[C@@H]2N=C(c3ccc(Cl)cc3)c3c(sc(C)c3C)-n3c(C)nnc32)c([2H])c([2H])c1O. The zero-order valence-electron chi connectivity index (χ0n) is 22.5. The third-order valence-corrected chi connectivity index (χ3v) is 7.06. The molecule has 0 saturated carbocycles. The molecule has 0 fully saturated rings. The molecular formula is C25H22ClN5O2S. The second-order valence-corrected chi connectivity index (χ2v) is 9.52. The fraction of sp³-hybridized carbons (Fsp3) is 0.200. The van der Waals surface area contributed by atoms with Gasteiger partial charge in [0.2, 0.25) is 5.91 Å². The number of carbonyl (C=O) groups excluding carboxylic acids is 1. The molecule has 9 heteroatoms. The number of nitrogens with one attached hydrogen (secondary N) is 1. The maximum Gasteiger partial charge on any atom is 0.227 e. The van der Waals surface area contributed by atoms with E-state index >= 15 is 0 Å². The molecule has 0 saturated heterocycles. The molecule has 34 heavy (non-hydrogen) atoms. The minimum Gasteiger partial charge on any atom is -0.508 e. The van der Waals surface area contributed by atoms with E-state index in [0.717, 1.165) is 26.6 Å². The summed E-state index contributed by atoms with van der Waals surface area (Å²) >= 11 is 7.73. The van der Waals surface area contributed by atoms with Crippen molar-refractivity contribution < 1.29 is 15.4 Å². The number of phenols is 1. The molecular weight excluding hydrogens is 470 g/mol. The lowest BCUT2D eigenvalue weighted by Crippen LogP contribution is -2.17. The smallest absolute Gasteiger partial charge is 0.227 e. The molecule has 0 spiro atoms. The molecule has 1 aliphatic rings. The number of hydrogen-bond acceptors (Lipinski definition) is 6. The summed E-state index contributed by atoms with van der Waals surface area (Å²) in [6.07, 6.45) is -0.206. The van der Waals surface area contributed by atoms with Crippen molar-refractivity contribution in [2.24, 2.45) is 4.99 Å². The predicted octanol–water partition coefficient (Wildman–Crippen LogP) is 5.53. The number of phenolic OH excluding ortho intramolecular Hbond substituents is 1. The average Bonchev–Trinajstić information content (AvgIpc) is 3.36. The highest BCUT2D eigenvalue weighted by atomic mass is 35.5. The van der Waals surface area contributed by atoms with Crippen LogP contribution in [0.15, 0.2) is 53.4 Å². The number of rotatable bonds is 4. The van der Waals surface area contributed by atoms with Gasteiger partial charge in [0.15, 0.2) is 5.82 Å². The molecule has 1 atom stereocenters. The highest BCUT2D eigenvalue weighted by Gasteiger charge is 2.32. The molecule has 0 aliphatic carbocycles. The number of aromatic nitrogens is 3. The standard InChI is InChI=1S/C25H22ClN5O2S/c1-13-14(2)34-25-22(13)23(16-4-6-17(26)7-5-16)28-20(24-30-29-15(3)31(24)25)12-21(33)27-18-8-10-19(32)11-9-18/h4-11,20,32H,12H2,1-3H3,(H,27,33)/t20-/m0/s1/i8D,9D,10D,11D. The zero-order valence-corrected chi connectivity index (χ0v) is 20.1. The van der Waals surface area contributed by atoms with Crippen molar-refractivity contribution >= 4 is 40.2 Å². The summed E-state index contributed by atoms with van der Waals surface area (Å²) < 4.78 is 33.7. The van der Waals surface area contributed by atoms with Crippen LogP contribution in [0.5, 0.6) is 5.75 Å². The number of aliphatic imine (C=N–C) groups is 1. The number of amides is 1. The van der Waals surface area contributed by atoms with Crippen molar-refractivity contribution in [2.75, 3.05) is 5.32 Å². The van der Waals surface area contributed by atoms with E-state index in [4.69, 9.17) is 22.1 Å². The minimum atomic E-state index is -0.778. The van der Waals surface area contributed by atoms with Crippen molar-refractivity contribution in [3.8, 4) is 10.8 Å². The number of aromatic hydroxyl groups is 1. The molecule has 172 valence electrons. The van der Waals surface area contributed by atoms with Gasteiger partial charge in [0.1, 0.15) is 22.6 Å². The van der Waals surface area contributed by atoms with E-state index in [2.05, 4.69) is 15.5 Å². The van der Waals surface area contributed by atoms with Crippen molar-refractivity contribution in [2.45, 2.75) is 33.2 Å². The first kappa shape index (κ1) is 17.9. The maximum atomic E-state index is 13.2. The Labute approximate surface area is 211 Å². The van der Waals surface area contributed by atoms with Gasteiger partial charge in [0.05, 0.1) is 17.6 Å². The highest BCUT2D eigenvalue weighted by molar-refractivity contribution is 7.15. The molecule has 0 bridgehead atoms. The zero-order chi connectivity index (χ0) is 27.5. The topological polar surface area (TPSA) is 92.4 Å². The molecule has 5 rings (SSSR count). The van der Waals surface area contributed by atoms with Crippen LogP contribution < -0.4 is 5.32 Å². The second-order valence-electron chi connectivity index (χ2n) is 7.88. The minimum absolute atomic E-state index is 0.206. The molecule has 7 nitrogen and oxygen atoms in total. The quantitative estimate of drug-likeness (QED) is 0.364. The Morgan fingerprint density at radius 3 is 2.59 bits per heavy atom. The Hall–Kier alpha value is -3.49. The van der Waals surface area contributed by atoms with Crippen LogP contribution >= 0.6 is 22.9 Å². The summed E-state index contributed by atoms with van der Waals surface area (Å²) in [6.45, 7) is 5.89. The van der Waals surface area contributed by atoms with Crippen LogP contribution in [-0.4, -0.2) is 31.5 Å². The second kappa shape index (κ2) is 8.70. The average molecular weight is 496 g/mol. The molecule has 3 heterocycles. The lowest BCUT2D eigenvalue weighted by atomic mass is 9.99. The van der Waals surface area contributed by atoms with E-state index in [9.17, 15) is 9.90 Å². The van der Waals surface area contributed by atoms with Gasteiger partial charge in [0.25, 0.3) is 0 Å². The normalized spacial score (nSPS) is 16.4. The maximum absolute atomic E-state index is 13.2. The van der Waals surface area contributed by atoms with Crippen LogP contribution in [0.3, 0.4) is 0 Å². The van der Waals surface area contributed by atoms with Gasteiger partial charge in [-0.15, -0.1) is 21.5 Å². The van der Waals surface area contributed by atoms with Gasteiger partial charge < -0.3 is 10.4 Å². The summed E-state index contributed by atoms with van der Waals surface area (Å²) in [5.74, 6) is -0.265. The third-order valence-electron chi connectivity index (χ3n) is 5.61. The van der Waals surface area contributed by atoms with E-state index in [1.807, 2.05) is 37.5 Å². The van der Waals surface area contributed by atoms with Crippen molar-refractivity contribution in [3.05, 3.63) is 86.7 Å². The molecule has 0 radical (unpaired) electrons. The van der Waals surface area contributed by atoms with Crippen LogP contribution in [0, 0.1) is 20.8 Å². The van der Waals surface area contributed by atoms with Gasteiger partial charge in [-0.1, -0.05) is 23.7 Å². The van der Waals surface area contributed by atoms with Crippen molar-refractivity contribution in [3.63, 3.8) is 0 Å². The predicted molar refractivity (Wildman–Crippen MR) is 135 cm³/mol. The van der Waals surface area contributed by atoms with Crippen LogP contribution in [0.2, 0.25) is 5.02 Å². The summed E-state index contributed by atoms with van der Waals surface area (Å²) in [5.41, 5.74) is 3.14. The number of hydrogen-bond donors (Lipinski definition) is 2. The first-order valence-corrected chi connectivity index (χ1v) is 11.6. The summed E-state index contributed by atoms with van der Waals surface area (Å²) in [7, 11) is 0. The number of anilines is 1. The van der Waals surface area contributed by atoms with E-state index in [-0.39, 0.29) is 12.1 Å². The number of benzene rings is 2. The Morgan fingerprint density at radius 1 is 1.18 bits per heavy atom. The van der Waals surface area contributed by atoms with Crippen LogP contribution in [-0.2, 0) is 4.79 Å². The van der Waals surface area contributed by atoms with Gasteiger partial charge in [-0.2, -0.15) is 0 Å². The Morgan fingerprint density at radius 2 is 1.88 bits per heavy atom. The van der Waals surface area contributed by atoms with Crippen LogP contribution in [0.25, 0.3) is 5.00 Å². The van der Waals surface area contributed by atoms with Gasteiger partial charge in [-0.25, -0.2) is 0 Å². The molecule has 0 unspecified atom stereocenters. The summed E-state index contributed by atoms with van der Waals surface area (Å²) in [4.78, 5) is 19.4. The number of fused-ring (bicyclic) bond motifs is 3. The monoisotopic (exact) mass is 495 g/mol. The number of aryl methyl sites for hydroxylation is 2.